The summed E-state index contributed by atoms with van der Waals surface area (Å²) in [5.74, 6) is 0.371. The third-order valence-corrected chi connectivity index (χ3v) is 3.08. The van der Waals surface area contributed by atoms with Gasteiger partial charge in [0, 0.05) is 0 Å². The molecule has 0 radical (unpaired) electrons. The molecular weight excluding hydrogens is 176 g/mol. The van der Waals surface area contributed by atoms with Gasteiger partial charge < -0.3 is 4.74 Å². The van der Waals surface area contributed by atoms with Gasteiger partial charge in [0.15, 0.2) is 0 Å². The third-order valence-electron chi connectivity index (χ3n) is 3.08. The van der Waals surface area contributed by atoms with Crippen LogP contribution in [-0.4, -0.2) is 12.6 Å². The standard InChI is InChI=1S/C12H20O2/c1-8(2)7-14-11(13)10-6-9(3)12(10,4)5/h8,10H,3,6-7H2,1-2,4-5H3. The highest BCUT2D eigenvalue weighted by molar-refractivity contribution is 5.76. The Labute approximate surface area is 86.3 Å². The number of allylic oxidation sites excluding steroid dienone is 1. The molecule has 0 amide bonds. The molecule has 0 heterocycles. The molecule has 0 aromatic heterocycles. The number of esters is 1. The van der Waals surface area contributed by atoms with Gasteiger partial charge in [-0.3, -0.25) is 4.79 Å². The van der Waals surface area contributed by atoms with E-state index in [1.165, 1.54) is 0 Å². The Kier molecular flexibility index (Phi) is 3.03. The molecular formula is C12H20O2. The fraction of sp³-hybridized carbons (Fsp3) is 0.750. The SMILES string of the molecule is C=C1CC(C(=O)OCC(C)C)C1(C)C. The summed E-state index contributed by atoms with van der Waals surface area (Å²) in [7, 11) is 0. The zero-order valence-corrected chi connectivity index (χ0v) is 9.59. The van der Waals surface area contributed by atoms with Gasteiger partial charge in [0.25, 0.3) is 0 Å². The number of hydrogen-bond acceptors (Lipinski definition) is 2. The van der Waals surface area contributed by atoms with Crippen molar-refractivity contribution in [2.24, 2.45) is 17.3 Å². The van der Waals surface area contributed by atoms with Crippen LogP contribution in [0.4, 0.5) is 0 Å². The Balaban J connectivity index is 2.44. The summed E-state index contributed by atoms with van der Waals surface area (Å²) < 4.78 is 5.21. The summed E-state index contributed by atoms with van der Waals surface area (Å²) in [6.07, 6.45) is 0.796. The number of rotatable bonds is 3. The molecule has 0 saturated heterocycles. The van der Waals surface area contributed by atoms with Crippen molar-refractivity contribution in [3.05, 3.63) is 12.2 Å². The molecule has 1 atom stereocenters. The lowest BCUT2D eigenvalue weighted by Crippen LogP contribution is -2.43. The van der Waals surface area contributed by atoms with Gasteiger partial charge >= 0.3 is 5.97 Å². The van der Waals surface area contributed by atoms with Gasteiger partial charge in [-0.1, -0.05) is 39.8 Å². The number of carbonyl (C=O) groups is 1. The first-order chi connectivity index (χ1) is 6.35. The highest BCUT2D eigenvalue weighted by Crippen LogP contribution is 2.50. The van der Waals surface area contributed by atoms with Crippen molar-refractivity contribution in [3.63, 3.8) is 0 Å². The first-order valence-electron chi connectivity index (χ1n) is 5.20. The molecule has 0 aromatic carbocycles. The van der Waals surface area contributed by atoms with Crippen LogP contribution in [0.3, 0.4) is 0 Å². The second kappa shape index (κ2) is 3.76. The monoisotopic (exact) mass is 196 g/mol. The van der Waals surface area contributed by atoms with Crippen molar-refractivity contribution in [1.29, 1.82) is 0 Å². The fourth-order valence-corrected chi connectivity index (χ4v) is 1.61. The lowest BCUT2D eigenvalue weighted by Gasteiger charge is -2.45. The van der Waals surface area contributed by atoms with Crippen LogP contribution in [0.5, 0.6) is 0 Å². The van der Waals surface area contributed by atoms with Gasteiger partial charge in [0.1, 0.15) is 0 Å². The van der Waals surface area contributed by atoms with Gasteiger partial charge in [0.05, 0.1) is 12.5 Å². The highest BCUT2D eigenvalue weighted by Gasteiger charge is 2.47. The maximum atomic E-state index is 11.6. The van der Waals surface area contributed by atoms with Crippen LogP contribution >= 0.6 is 0 Å². The topological polar surface area (TPSA) is 26.3 Å². The first-order valence-corrected chi connectivity index (χ1v) is 5.20. The smallest absolute Gasteiger partial charge is 0.310 e. The maximum Gasteiger partial charge on any atom is 0.310 e. The summed E-state index contributed by atoms with van der Waals surface area (Å²) in [6.45, 7) is 12.6. The molecule has 0 bridgehead atoms. The Hall–Kier alpha value is -0.790. The number of ether oxygens (including phenoxy) is 1. The van der Waals surface area contributed by atoms with Gasteiger partial charge in [-0.15, -0.1) is 0 Å². The second-order valence-electron chi connectivity index (χ2n) is 5.11. The Morgan fingerprint density at radius 3 is 2.57 bits per heavy atom. The van der Waals surface area contributed by atoms with Crippen molar-refractivity contribution < 1.29 is 9.53 Å². The molecule has 1 aliphatic carbocycles. The van der Waals surface area contributed by atoms with Crippen LogP contribution in [0.15, 0.2) is 12.2 Å². The molecule has 1 rings (SSSR count). The third kappa shape index (κ3) is 1.99. The van der Waals surface area contributed by atoms with E-state index in [9.17, 15) is 4.79 Å². The van der Waals surface area contributed by atoms with Gasteiger partial charge in [0.2, 0.25) is 0 Å². The van der Waals surface area contributed by atoms with Gasteiger partial charge in [-0.2, -0.15) is 0 Å². The van der Waals surface area contributed by atoms with Gasteiger partial charge in [-0.25, -0.2) is 0 Å². The Morgan fingerprint density at radius 2 is 2.21 bits per heavy atom. The largest absolute Gasteiger partial charge is 0.465 e. The van der Waals surface area contributed by atoms with E-state index in [4.69, 9.17) is 4.74 Å². The molecule has 2 heteroatoms. The summed E-state index contributed by atoms with van der Waals surface area (Å²) in [5.41, 5.74) is 1.10. The van der Waals surface area contributed by atoms with E-state index in [2.05, 4.69) is 20.4 Å². The summed E-state index contributed by atoms with van der Waals surface area (Å²) in [6, 6.07) is 0. The minimum Gasteiger partial charge on any atom is -0.465 e. The first kappa shape index (κ1) is 11.3. The van der Waals surface area contributed by atoms with Crippen molar-refractivity contribution in [2.45, 2.75) is 34.1 Å². The van der Waals surface area contributed by atoms with E-state index in [-0.39, 0.29) is 17.3 Å². The zero-order chi connectivity index (χ0) is 10.9. The minimum absolute atomic E-state index is 0.0220. The van der Waals surface area contributed by atoms with Crippen LogP contribution in [-0.2, 0) is 9.53 Å². The van der Waals surface area contributed by atoms with Crippen molar-refractivity contribution >= 4 is 5.97 Å². The van der Waals surface area contributed by atoms with E-state index in [1.807, 2.05) is 13.8 Å². The van der Waals surface area contributed by atoms with Gasteiger partial charge in [-0.05, 0) is 17.8 Å². The minimum atomic E-state index is -0.0614. The van der Waals surface area contributed by atoms with Crippen molar-refractivity contribution in [3.8, 4) is 0 Å². The van der Waals surface area contributed by atoms with E-state index in [1.54, 1.807) is 0 Å². The molecule has 2 nitrogen and oxygen atoms in total. The molecule has 1 unspecified atom stereocenters. The molecule has 1 fully saturated rings. The second-order valence-corrected chi connectivity index (χ2v) is 5.11. The van der Waals surface area contributed by atoms with E-state index in [0.717, 1.165) is 12.0 Å². The predicted octanol–water partition coefficient (Wildman–Crippen LogP) is 2.79. The summed E-state index contributed by atoms with van der Waals surface area (Å²) in [5, 5.41) is 0. The molecule has 0 aromatic rings. The van der Waals surface area contributed by atoms with E-state index < -0.39 is 0 Å². The highest BCUT2D eigenvalue weighted by atomic mass is 16.5. The van der Waals surface area contributed by atoms with Crippen LogP contribution in [0.25, 0.3) is 0 Å². The van der Waals surface area contributed by atoms with E-state index >= 15 is 0 Å². The zero-order valence-electron chi connectivity index (χ0n) is 9.59. The average molecular weight is 196 g/mol. The molecule has 0 spiro atoms. The summed E-state index contributed by atoms with van der Waals surface area (Å²) in [4.78, 5) is 11.6. The fourth-order valence-electron chi connectivity index (χ4n) is 1.61. The lowest BCUT2D eigenvalue weighted by molar-refractivity contribution is -0.156. The van der Waals surface area contributed by atoms with Crippen molar-refractivity contribution in [2.75, 3.05) is 6.61 Å². The Morgan fingerprint density at radius 1 is 1.64 bits per heavy atom. The predicted molar refractivity (Wildman–Crippen MR) is 56.8 cm³/mol. The number of hydrogen-bond donors (Lipinski definition) is 0. The average Bonchev–Trinajstić information content (AvgIpc) is 2.10. The quantitative estimate of drug-likeness (QED) is 0.512. The Bertz CT molecular complexity index is 251. The molecule has 1 aliphatic rings. The maximum absolute atomic E-state index is 11.6. The molecule has 0 aliphatic heterocycles. The molecule has 0 N–H and O–H groups in total. The van der Waals surface area contributed by atoms with E-state index in [0.29, 0.717) is 12.5 Å². The van der Waals surface area contributed by atoms with Crippen LogP contribution in [0, 0.1) is 17.3 Å². The lowest BCUT2D eigenvalue weighted by atomic mass is 9.59. The molecule has 80 valence electrons. The molecule has 14 heavy (non-hydrogen) atoms. The summed E-state index contributed by atoms with van der Waals surface area (Å²) >= 11 is 0. The normalized spacial score (nSPS) is 24.6. The number of carbonyl (C=O) groups excluding carboxylic acids is 1. The van der Waals surface area contributed by atoms with Crippen LogP contribution in [0.2, 0.25) is 0 Å². The molecule has 1 saturated carbocycles. The van der Waals surface area contributed by atoms with Crippen LogP contribution < -0.4 is 0 Å². The van der Waals surface area contributed by atoms with Crippen molar-refractivity contribution in [1.82, 2.24) is 0 Å². The van der Waals surface area contributed by atoms with Crippen LogP contribution in [0.1, 0.15) is 34.1 Å².